The van der Waals surface area contributed by atoms with E-state index in [4.69, 9.17) is 17.0 Å². The molecule has 1 nitrogen and oxygen atoms in total. The van der Waals surface area contributed by atoms with E-state index in [9.17, 15) is 0 Å². The fourth-order valence-corrected chi connectivity index (χ4v) is 2.47. The van der Waals surface area contributed by atoms with Gasteiger partial charge in [-0.1, -0.05) is 19.3 Å². The summed E-state index contributed by atoms with van der Waals surface area (Å²) in [5.41, 5.74) is 0. The molecular formula is C8H16OSSi. The molecule has 0 atom stereocenters. The molecular weight excluding hydrogens is 172 g/mol. The molecule has 0 unspecified atom stereocenters. The van der Waals surface area contributed by atoms with E-state index in [1.807, 2.05) is 0 Å². The molecule has 0 aliphatic heterocycles. The van der Waals surface area contributed by atoms with E-state index in [1.165, 1.54) is 32.1 Å². The van der Waals surface area contributed by atoms with Gasteiger partial charge in [0.15, 0.2) is 5.05 Å². The molecule has 0 heterocycles. The molecule has 3 heteroatoms. The number of rotatable bonds is 2. The Hall–Kier alpha value is 0.107. The number of ether oxygens (including phenoxy) is 1. The van der Waals surface area contributed by atoms with Gasteiger partial charge in [-0.3, -0.25) is 0 Å². The minimum absolute atomic E-state index is 0.604. The molecule has 1 aliphatic rings. The van der Waals surface area contributed by atoms with E-state index in [-0.39, 0.29) is 0 Å². The van der Waals surface area contributed by atoms with Crippen LogP contribution in [0.1, 0.15) is 32.1 Å². The third-order valence-electron chi connectivity index (χ3n) is 2.23. The molecule has 0 amide bonds. The standard InChI is InChI=1S/C8H16OSSi/c10-8(9-6-11)7-4-2-1-3-5-7/h7H,1-6H2,11H3. The summed E-state index contributed by atoms with van der Waals surface area (Å²) in [4.78, 5) is 0. The Labute approximate surface area is 76.9 Å². The van der Waals surface area contributed by atoms with Crippen molar-refractivity contribution in [1.29, 1.82) is 0 Å². The minimum Gasteiger partial charge on any atom is -0.491 e. The summed E-state index contributed by atoms with van der Waals surface area (Å²) in [5, 5.41) is 0.889. The van der Waals surface area contributed by atoms with Gasteiger partial charge in [-0.2, -0.15) is 0 Å². The van der Waals surface area contributed by atoms with Crippen molar-refractivity contribution in [2.24, 2.45) is 5.92 Å². The molecule has 1 fully saturated rings. The van der Waals surface area contributed by atoms with Gasteiger partial charge < -0.3 is 4.74 Å². The molecule has 0 aromatic heterocycles. The second-order valence-corrected chi connectivity index (χ2v) is 4.07. The molecule has 1 rings (SSSR count). The normalized spacial score (nSPS) is 20.0. The summed E-state index contributed by atoms with van der Waals surface area (Å²) < 4.78 is 5.37. The van der Waals surface area contributed by atoms with Gasteiger partial charge in [0.2, 0.25) is 0 Å². The molecule has 0 aromatic carbocycles. The van der Waals surface area contributed by atoms with Gasteiger partial charge in [-0.25, -0.2) is 0 Å². The molecule has 0 saturated heterocycles. The van der Waals surface area contributed by atoms with Crippen LogP contribution in [0.2, 0.25) is 0 Å². The third kappa shape index (κ3) is 2.91. The average Bonchev–Trinajstić information content (AvgIpc) is 2.07. The van der Waals surface area contributed by atoms with Crippen LogP contribution in [-0.4, -0.2) is 21.5 Å². The fourth-order valence-electron chi connectivity index (χ4n) is 1.60. The first kappa shape index (κ1) is 9.20. The smallest absolute Gasteiger partial charge is 0.162 e. The zero-order chi connectivity index (χ0) is 8.10. The first-order valence-corrected chi connectivity index (χ1v) is 6.33. The topological polar surface area (TPSA) is 9.23 Å². The summed E-state index contributed by atoms with van der Waals surface area (Å²) in [6, 6.07) is 0. The second-order valence-electron chi connectivity index (χ2n) is 3.09. The van der Waals surface area contributed by atoms with Crippen LogP contribution in [0, 0.1) is 5.92 Å². The van der Waals surface area contributed by atoms with Gasteiger partial charge in [0.05, 0.1) is 16.5 Å². The summed E-state index contributed by atoms with van der Waals surface area (Å²) >= 11 is 5.17. The molecule has 0 bridgehead atoms. The van der Waals surface area contributed by atoms with Gasteiger partial charge >= 0.3 is 0 Å². The highest BCUT2D eigenvalue weighted by molar-refractivity contribution is 7.80. The Balaban J connectivity index is 2.27. The van der Waals surface area contributed by atoms with Crippen molar-refractivity contribution in [3.63, 3.8) is 0 Å². The van der Waals surface area contributed by atoms with Crippen molar-refractivity contribution in [2.45, 2.75) is 32.1 Å². The highest BCUT2D eigenvalue weighted by Gasteiger charge is 2.18. The second kappa shape index (κ2) is 4.88. The summed E-state index contributed by atoms with van der Waals surface area (Å²) in [5.74, 6) is 0.604. The van der Waals surface area contributed by atoms with Crippen molar-refractivity contribution in [2.75, 3.05) is 6.23 Å². The molecule has 0 N–H and O–H groups in total. The lowest BCUT2D eigenvalue weighted by molar-refractivity contribution is 0.322. The minimum atomic E-state index is 0.604. The maximum Gasteiger partial charge on any atom is 0.162 e. The zero-order valence-corrected chi connectivity index (χ0v) is 9.95. The maximum absolute atomic E-state index is 5.37. The predicted octanol–water partition coefficient (Wildman–Crippen LogP) is 1.23. The van der Waals surface area contributed by atoms with E-state index in [1.54, 1.807) is 0 Å². The fraction of sp³-hybridized carbons (Fsp3) is 0.875. The van der Waals surface area contributed by atoms with Crippen molar-refractivity contribution >= 4 is 27.5 Å². The highest BCUT2D eigenvalue weighted by Crippen LogP contribution is 2.25. The summed E-state index contributed by atoms with van der Waals surface area (Å²) in [6.45, 7) is 0. The number of thiocarbonyl (C=S) groups is 1. The van der Waals surface area contributed by atoms with Gasteiger partial charge in [-0.05, 0) is 25.1 Å². The molecule has 0 spiro atoms. The van der Waals surface area contributed by atoms with E-state index in [0.717, 1.165) is 21.5 Å². The van der Waals surface area contributed by atoms with Gasteiger partial charge in [-0.15, -0.1) is 0 Å². The third-order valence-corrected chi connectivity index (χ3v) is 2.96. The quantitative estimate of drug-likeness (QED) is 0.476. The van der Waals surface area contributed by atoms with E-state index in [2.05, 4.69) is 0 Å². The van der Waals surface area contributed by atoms with Gasteiger partial charge in [0.25, 0.3) is 0 Å². The predicted molar refractivity (Wildman–Crippen MR) is 55.1 cm³/mol. The Morgan fingerprint density at radius 2 is 2.00 bits per heavy atom. The summed E-state index contributed by atoms with van der Waals surface area (Å²) in [6.07, 6.45) is 7.47. The van der Waals surface area contributed by atoms with Crippen LogP contribution in [0.25, 0.3) is 0 Å². The monoisotopic (exact) mass is 188 g/mol. The van der Waals surface area contributed by atoms with Crippen LogP contribution in [0.4, 0.5) is 0 Å². The van der Waals surface area contributed by atoms with Crippen LogP contribution in [-0.2, 0) is 4.74 Å². The average molecular weight is 188 g/mol. The Morgan fingerprint density at radius 1 is 1.36 bits per heavy atom. The molecule has 11 heavy (non-hydrogen) atoms. The van der Waals surface area contributed by atoms with Crippen LogP contribution < -0.4 is 0 Å². The molecule has 1 aliphatic carbocycles. The Kier molecular flexibility index (Phi) is 4.08. The molecule has 0 radical (unpaired) electrons. The molecule has 64 valence electrons. The van der Waals surface area contributed by atoms with Crippen LogP contribution in [0.15, 0.2) is 0 Å². The van der Waals surface area contributed by atoms with Crippen LogP contribution in [0.5, 0.6) is 0 Å². The molecule has 1 saturated carbocycles. The van der Waals surface area contributed by atoms with Crippen molar-refractivity contribution < 1.29 is 4.74 Å². The van der Waals surface area contributed by atoms with Crippen molar-refractivity contribution in [1.82, 2.24) is 0 Å². The highest BCUT2D eigenvalue weighted by atomic mass is 32.1. The Morgan fingerprint density at radius 3 is 2.55 bits per heavy atom. The van der Waals surface area contributed by atoms with Gasteiger partial charge in [0, 0.05) is 5.92 Å². The lowest BCUT2D eigenvalue weighted by Crippen LogP contribution is -2.18. The lowest BCUT2D eigenvalue weighted by atomic mass is 9.90. The number of hydrogen-bond donors (Lipinski definition) is 0. The van der Waals surface area contributed by atoms with Crippen LogP contribution in [0.3, 0.4) is 0 Å². The lowest BCUT2D eigenvalue weighted by Gasteiger charge is -2.21. The SMILES string of the molecule is [SiH3]COC(=S)C1CCCCC1. The maximum atomic E-state index is 5.37. The van der Waals surface area contributed by atoms with E-state index >= 15 is 0 Å². The first-order chi connectivity index (χ1) is 5.34. The number of hydrogen-bond acceptors (Lipinski definition) is 2. The zero-order valence-electron chi connectivity index (χ0n) is 7.14. The Bertz CT molecular complexity index is 132. The van der Waals surface area contributed by atoms with Gasteiger partial charge in [0.1, 0.15) is 0 Å². The first-order valence-electron chi connectivity index (χ1n) is 4.51. The van der Waals surface area contributed by atoms with E-state index in [0.29, 0.717) is 5.92 Å². The molecule has 0 aromatic rings. The van der Waals surface area contributed by atoms with Crippen LogP contribution >= 0.6 is 12.2 Å². The summed E-state index contributed by atoms with van der Waals surface area (Å²) in [7, 11) is 1.10. The van der Waals surface area contributed by atoms with Crippen molar-refractivity contribution in [3.05, 3.63) is 0 Å². The van der Waals surface area contributed by atoms with Crippen molar-refractivity contribution in [3.8, 4) is 0 Å². The largest absolute Gasteiger partial charge is 0.491 e. The van der Waals surface area contributed by atoms with E-state index < -0.39 is 0 Å².